The van der Waals surface area contributed by atoms with Gasteiger partial charge in [-0.1, -0.05) is 24.3 Å². The Morgan fingerprint density at radius 1 is 0.909 bits per heavy atom. The molecular weight excluding hydrogens is 574 g/mol. The number of methoxy groups -OCH3 is 1. The van der Waals surface area contributed by atoms with Crippen LogP contribution in [0.4, 0.5) is 0 Å². The highest BCUT2D eigenvalue weighted by atomic mass is 16.5. The van der Waals surface area contributed by atoms with Crippen LogP contribution >= 0.6 is 0 Å². The fourth-order valence-corrected chi connectivity index (χ4v) is 6.13. The molecule has 1 atom stereocenters. The van der Waals surface area contributed by atoms with Crippen molar-refractivity contribution in [1.82, 2.24) is 4.98 Å². The smallest absolute Gasteiger partial charge is 0.300 e. The number of aromatic amines is 1. The van der Waals surface area contributed by atoms with Crippen LogP contribution < -0.4 is 42.4 Å². The number of benzene rings is 1. The molecule has 0 saturated carbocycles. The van der Waals surface area contributed by atoms with Crippen molar-refractivity contribution in [3.8, 4) is 11.5 Å². The Morgan fingerprint density at radius 3 is 2.11 bits per heavy atom. The number of ether oxygens (including phenoxy) is 1. The van der Waals surface area contributed by atoms with Gasteiger partial charge in [-0.2, -0.15) is 0 Å². The van der Waals surface area contributed by atoms with E-state index in [-0.39, 0.29) is 23.8 Å². The average molecular weight is 600 g/mol. The maximum Gasteiger partial charge on any atom is 0.300 e. The molecule has 2 aromatic rings. The van der Waals surface area contributed by atoms with Crippen molar-refractivity contribution < 1.29 is 30.0 Å². The third kappa shape index (κ3) is 4.06. The highest BCUT2D eigenvalue weighted by Gasteiger charge is 2.53. The quantitative estimate of drug-likeness (QED) is 0.201. The van der Waals surface area contributed by atoms with Crippen LogP contribution in [0.1, 0.15) is 37.1 Å². The van der Waals surface area contributed by atoms with E-state index in [1.165, 1.54) is 0 Å². The summed E-state index contributed by atoms with van der Waals surface area (Å²) in [5.74, 6) is -3.28. The molecule has 6 rings (SSSR count). The molecule has 5 N–H and O–H groups in total. The van der Waals surface area contributed by atoms with Crippen LogP contribution in [-0.2, 0) is 16.6 Å². The number of nitrogens with one attached hydrogen (secondary N) is 1. The molecular formula is C32H25NO11. The van der Waals surface area contributed by atoms with E-state index in [0.29, 0.717) is 16.6 Å². The molecule has 44 heavy (non-hydrogen) atoms. The lowest BCUT2D eigenvalue weighted by atomic mass is 9.78. The number of allylic oxidation sites excluding steroid dienone is 3. The molecule has 12 heteroatoms. The highest BCUT2D eigenvalue weighted by molar-refractivity contribution is 5.94. The van der Waals surface area contributed by atoms with Crippen molar-refractivity contribution >= 4 is 34.3 Å². The largest absolute Gasteiger partial charge is 0.510 e. The molecule has 1 heterocycles. The summed E-state index contributed by atoms with van der Waals surface area (Å²) in [6.45, 7) is 2.93. The van der Waals surface area contributed by atoms with Crippen LogP contribution in [0.25, 0.3) is 28.4 Å². The lowest BCUT2D eigenvalue weighted by Crippen LogP contribution is -2.51. The van der Waals surface area contributed by atoms with Crippen LogP contribution in [0.15, 0.2) is 60.4 Å². The zero-order chi connectivity index (χ0) is 32.2. The van der Waals surface area contributed by atoms with Gasteiger partial charge in [0.2, 0.25) is 16.3 Å². The number of carboxylic acids is 1. The molecule has 0 bridgehead atoms. The van der Waals surface area contributed by atoms with Crippen molar-refractivity contribution in [1.29, 1.82) is 0 Å². The molecule has 0 radical (unpaired) electrons. The van der Waals surface area contributed by atoms with Gasteiger partial charge in [-0.25, -0.2) is 0 Å². The number of aliphatic carboxylic acids is 1. The third-order valence-corrected chi connectivity index (χ3v) is 7.85. The first-order chi connectivity index (χ1) is 20.8. The van der Waals surface area contributed by atoms with Gasteiger partial charge in [-0.05, 0) is 42.9 Å². The number of pyridine rings is 1. The minimum atomic E-state index is -1.93. The molecule has 0 fully saturated rings. The van der Waals surface area contributed by atoms with E-state index < -0.39 is 82.6 Å². The average Bonchev–Trinajstić information content (AvgIpc) is 3.44. The van der Waals surface area contributed by atoms with E-state index in [2.05, 4.69) is 4.98 Å². The van der Waals surface area contributed by atoms with E-state index in [4.69, 9.17) is 14.6 Å². The molecule has 0 amide bonds. The zero-order valence-electron chi connectivity index (χ0n) is 23.6. The minimum absolute atomic E-state index is 0.0287. The van der Waals surface area contributed by atoms with Gasteiger partial charge in [0.1, 0.15) is 22.7 Å². The van der Waals surface area contributed by atoms with Crippen LogP contribution in [0, 0.1) is 10.4 Å². The van der Waals surface area contributed by atoms with Crippen LogP contribution in [0.2, 0.25) is 0 Å². The molecule has 0 saturated heterocycles. The summed E-state index contributed by atoms with van der Waals surface area (Å²) >= 11 is 0. The topological polar surface area (TPSA) is 208 Å². The maximum absolute atomic E-state index is 13.6. The van der Waals surface area contributed by atoms with Gasteiger partial charge >= 0.3 is 0 Å². The zero-order valence-corrected chi connectivity index (χ0v) is 23.6. The second-order valence-corrected chi connectivity index (χ2v) is 10.3. The summed E-state index contributed by atoms with van der Waals surface area (Å²) < 4.78 is 4.89. The highest BCUT2D eigenvalue weighted by Crippen LogP contribution is 2.54. The fourth-order valence-electron chi connectivity index (χ4n) is 6.13. The first-order valence-electron chi connectivity index (χ1n) is 13.3. The Morgan fingerprint density at radius 2 is 1.52 bits per heavy atom. The molecule has 1 aromatic carbocycles. The minimum Gasteiger partial charge on any atom is -0.510 e. The number of aliphatic hydroxyl groups is 2. The third-order valence-electron chi connectivity index (χ3n) is 7.85. The monoisotopic (exact) mass is 599 g/mol. The summed E-state index contributed by atoms with van der Waals surface area (Å²) in [6.07, 6.45) is 7.15. The number of rotatable bonds is 3. The number of phenolic OH excluding ortho intramolecular Hbond substituents is 1. The summed E-state index contributed by atoms with van der Waals surface area (Å²) in [4.78, 5) is 77.4. The molecule has 12 nitrogen and oxygen atoms in total. The van der Waals surface area contributed by atoms with Crippen molar-refractivity contribution in [3.05, 3.63) is 125 Å². The number of aliphatic hydroxyl groups excluding tert-OH is 2. The van der Waals surface area contributed by atoms with E-state index in [0.717, 1.165) is 20.1 Å². The normalized spacial score (nSPS) is 17.1. The molecule has 1 unspecified atom stereocenters. The van der Waals surface area contributed by atoms with Gasteiger partial charge < -0.3 is 30.1 Å². The number of aromatic nitrogens is 1. The number of carboxylic acid groups (broad SMARTS) is 1. The number of phenols is 1. The number of aryl methyl sites for hydroxylation is 1. The number of aromatic hydroxyl groups is 1. The van der Waals surface area contributed by atoms with Gasteiger partial charge in [-0.3, -0.25) is 28.8 Å². The van der Waals surface area contributed by atoms with Crippen molar-refractivity contribution in [2.45, 2.75) is 32.1 Å². The Bertz CT molecular complexity index is 2460. The maximum atomic E-state index is 13.6. The fraction of sp³-hybridized carbons (Fsp3) is 0.188. The van der Waals surface area contributed by atoms with E-state index >= 15 is 0 Å². The van der Waals surface area contributed by atoms with E-state index in [9.17, 15) is 39.3 Å². The summed E-state index contributed by atoms with van der Waals surface area (Å²) in [7, 11) is 1.13. The number of H-pyrrole nitrogens is 1. The number of hydrogen-bond acceptors (Lipinski definition) is 10. The van der Waals surface area contributed by atoms with E-state index in [1.807, 2.05) is 13.0 Å². The van der Waals surface area contributed by atoms with Crippen LogP contribution in [-0.4, -0.2) is 38.5 Å². The van der Waals surface area contributed by atoms with Crippen molar-refractivity contribution in [3.63, 3.8) is 0 Å². The molecule has 4 aliphatic carbocycles. The summed E-state index contributed by atoms with van der Waals surface area (Å²) in [5.41, 5.74) is -5.79. The summed E-state index contributed by atoms with van der Waals surface area (Å²) in [6, 6.07) is 4.10. The number of fused-ring (bicyclic) bond motifs is 4. The Hall–Kier alpha value is -5.78. The van der Waals surface area contributed by atoms with Crippen molar-refractivity contribution in [2.75, 3.05) is 7.11 Å². The van der Waals surface area contributed by atoms with E-state index in [1.54, 1.807) is 30.4 Å². The number of hydrogen-bond donors (Lipinski definition) is 5. The lowest BCUT2D eigenvalue weighted by molar-refractivity contribution is -0.134. The SMILES string of the molecule is CC(=O)O.CC=CC=Cc1cc2cc3c(c(O)c2c(=O)[nH]1)C1(CC3)C(O)=c2c(=O)c3c(=O)cc(OC)c(=O)c=3c(=O)c2=C1O. The molecule has 224 valence electrons. The Labute approximate surface area is 245 Å². The van der Waals surface area contributed by atoms with Gasteiger partial charge in [0.25, 0.3) is 11.5 Å². The predicted molar refractivity (Wildman–Crippen MR) is 160 cm³/mol. The lowest BCUT2D eigenvalue weighted by Gasteiger charge is -2.27. The predicted octanol–water partition coefficient (Wildman–Crippen LogP) is 0.194. The summed E-state index contributed by atoms with van der Waals surface area (Å²) in [5, 5.41) is 39.4. The number of carbonyl (C=O) groups is 1. The van der Waals surface area contributed by atoms with Crippen molar-refractivity contribution in [2.24, 2.45) is 0 Å². The Kier molecular flexibility index (Phi) is 7.08. The van der Waals surface area contributed by atoms with Crippen LogP contribution in [0.5, 0.6) is 11.5 Å². The second-order valence-electron chi connectivity index (χ2n) is 10.3. The molecule has 4 aliphatic rings. The standard InChI is InChI=1S/C30H21NO9.C2H4O2/c1-3-4-5-6-14-10-13-9-12-7-8-30(22(12)26(36)17(13)29(39)31-14)27(37)20-21(28(30)38)25(35)19-18(24(20)34)15(32)11-16(40-2)23(19)33;1-2(3)4/h3-6,9-11,36-38H,7-8H2,1-2H3,(H,31,39);1H3,(H,3,4). The first-order valence-corrected chi connectivity index (χ1v) is 13.3. The van der Waals surface area contributed by atoms with Gasteiger partial charge in [0.15, 0.2) is 11.2 Å². The second kappa shape index (κ2) is 10.5. The van der Waals surface area contributed by atoms with Crippen LogP contribution in [0.3, 0.4) is 0 Å². The molecule has 1 aromatic heterocycles. The molecule has 1 spiro atoms. The molecule has 0 aliphatic heterocycles. The van der Waals surface area contributed by atoms with Gasteiger partial charge in [-0.15, -0.1) is 0 Å². The van der Waals surface area contributed by atoms with Gasteiger partial charge in [0, 0.05) is 24.2 Å². The first kappa shape index (κ1) is 29.7. The van der Waals surface area contributed by atoms with Gasteiger partial charge in [0.05, 0.1) is 33.4 Å². The Balaban J connectivity index is 0.000000906.